The molecule has 2 N–H and O–H groups in total. The van der Waals surface area contributed by atoms with E-state index in [1.807, 2.05) is 36.4 Å². The van der Waals surface area contributed by atoms with Crippen molar-refractivity contribution in [1.29, 1.82) is 0 Å². The van der Waals surface area contributed by atoms with Gasteiger partial charge < -0.3 is 10.6 Å². The predicted molar refractivity (Wildman–Crippen MR) is 83.4 cm³/mol. The normalized spacial score (nSPS) is 17.4. The number of carbonyl (C=O) groups is 1. The predicted octanol–water partition coefficient (Wildman–Crippen LogP) is 3.30. The molecule has 102 valence electrons. The van der Waals surface area contributed by atoms with Crippen molar-refractivity contribution in [3.05, 3.63) is 63.6 Å². The highest BCUT2D eigenvalue weighted by atomic mass is 79.9. The summed E-state index contributed by atoms with van der Waals surface area (Å²) in [6.07, 6.45) is 0. The molecule has 3 rings (SSSR count). The topological polar surface area (TPSA) is 46.3 Å². The van der Waals surface area contributed by atoms with Crippen LogP contribution in [0.25, 0.3) is 0 Å². The number of rotatable bonds is 2. The molecule has 2 aromatic rings. The number of benzene rings is 2. The summed E-state index contributed by atoms with van der Waals surface area (Å²) < 4.78 is 0.942. The fourth-order valence-corrected chi connectivity index (χ4v) is 2.94. The van der Waals surface area contributed by atoms with Gasteiger partial charge in [-0.1, -0.05) is 40.2 Å². The van der Waals surface area contributed by atoms with Crippen molar-refractivity contribution in [2.75, 3.05) is 4.90 Å². The molecular formula is C16H15BrN2O. The summed E-state index contributed by atoms with van der Waals surface area (Å²) in [5, 5.41) is 0. The second kappa shape index (κ2) is 5.04. The van der Waals surface area contributed by atoms with Crippen LogP contribution in [-0.4, -0.2) is 5.91 Å². The maximum absolute atomic E-state index is 12.4. The minimum absolute atomic E-state index is 0.0404. The van der Waals surface area contributed by atoms with Gasteiger partial charge in [0.2, 0.25) is 5.91 Å². The van der Waals surface area contributed by atoms with Gasteiger partial charge in [-0.2, -0.15) is 0 Å². The zero-order valence-corrected chi connectivity index (χ0v) is 12.7. The zero-order valence-electron chi connectivity index (χ0n) is 11.1. The van der Waals surface area contributed by atoms with Gasteiger partial charge in [-0.05, 0) is 36.2 Å². The van der Waals surface area contributed by atoms with Gasteiger partial charge in [0.1, 0.15) is 6.04 Å². The molecule has 1 aliphatic rings. The van der Waals surface area contributed by atoms with Gasteiger partial charge in [0, 0.05) is 15.7 Å². The van der Waals surface area contributed by atoms with Gasteiger partial charge in [0.15, 0.2) is 0 Å². The van der Waals surface area contributed by atoms with Gasteiger partial charge in [0.05, 0.1) is 6.54 Å². The van der Waals surface area contributed by atoms with E-state index in [0.717, 1.165) is 21.3 Å². The lowest BCUT2D eigenvalue weighted by molar-refractivity contribution is -0.119. The molecule has 0 fully saturated rings. The maximum Gasteiger partial charge on any atom is 0.248 e. The van der Waals surface area contributed by atoms with E-state index in [1.54, 1.807) is 4.90 Å². The van der Waals surface area contributed by atoms with E-state index in [-0.39, 0.29) is 5.91 Å². The van der Waals surface area contributed by atoms with E-state index in [2.05, 4.69) is 28.9 Å². The molecule has 2 aromatic carbocycles. The van der Waals surface area contributed by atoms with Gasteiger partial charge in [0.25, 0.3) is 0 Å². The molecule has 1 atom stereocenters. The molecule has 0 aliphatic carbocycles. The number of anilines is 1. The van der Waals surface area contributed by atoms with Crippen LogP contribution in [0.1, 0.15) is 22.7 Å². The molecule has 1 heterocycles. The van der Waals surface area contributed by atoms with E-state index >= 15 is 0 Å². The minimum atomic E-state index is -0.563. The lowest BCUT2D eigenvalue weighted by atomic mass is 10.1. The van der Waals surface area contributed by atoms with E-state index in [4.69, 9.17) is 5.73 Å². The average molecular weight is 331 g/mol. The lowest BCUT2D eigenvalue weighted by Gasteiger charge is -2.19. The van der Waals surface area contributed by atoms with E-state index in [1.165, 1.54) is 5.56 Å². The van der Waals surface area contributed by atoms with Crippen LogP contribution in [0.3, 0.4) is 0 Å². The van der Waals surface area contributed by atoms with Gasteiger partial charge in [-0.3, -0.25) is 4.79 Å². The highest BCUT2D eigenvalue weighted by Crippen LogP contribution is 2.37. The molecule has 0 radical (unpaired) electrons. The van der Waals surface area contributed by atoms with Crippen molar-refractivity contribution in [3.63, 3.8) is 0 Å². The van der Waals surface area contributed by atoms with Crippen molar-refractivity contribution in [2.24, 2.45) is 5.73 Å². The summed E-state index contributed by atoms with van der Waals surface area (Å²) >= 11 is 3.43. The molecule has 20 heavy (non-hydrogen) atoms. The highest BCUT2D eigenvalue weighted by Gasteiger charge is 2.34. The number of halogens is 1. The Morgan fingerprint density at radius 2 is 2.00 bits per heavy atom. The Balaban J connectivity index is 2.00. The molecule has 0 aromatic heterocycles. The number of nitrogens with two attached hydrogens (primary N) is 1. The molecule has 0 spiro atoms. The molecule has 1 amide bonds. The van der Waals surface area contributed by atoms with Crippen LogP contribution in [-0.2, 0) is 11.3 Å². The lowest BCUT2D eigenvalue weighted by Crippen LogP contribution is -2.31. The van der Waals surface area contributed by atoms with E-state index < -0.39 is 6.04 Å². The first-order valence-electron chi connectivity index (χ1n) is 6.49. The van der Waals surface area contributed by atoms with Crippen molar-refractivity contribution >= 4 is 27.5 Å². The monoisotopic (exact) mass is 330 g/mol. The molecule has 0 saturated carbocycles. The number of aryl methyl sites for hydroxylation is 1. The Hall–Kier alpha value is -1.65. The summed E-state index contributed by atoms with van der Waals surface area (Å²) in [4.78, 5) is 14.1. The van der Waals surface area contributed by atoms with Crippen molar-refractivity contribution in [3.8, 4) is 0 Å². The van der Waals surface area contributed by atoms with Crippen LogP contribution >= 0.6 is 15.9 Å². The van der Waals surface area contributed by atoms with Crippen molar-refractivity contribution < 1.29 is 4.79 Å². The zero-order chi connectivity index (χ0) is 14.3. The van der Waals surface area contributed by atoms with Crippen LogP contribution in [0.5, 0.6) is 0 Å². The first kappa shape index (κ1) is 13.3. The Morgan fingerprint density at radius 3 is 2.75 bits per heavy atom. The first-order chi connectivity index (χ1) is 9.58. The van der Waals surface area contributed by atoms with E-state index in [0.29, 0.717) is 6.54 Å². The molecule has 1 unspecified atom stereocenters. The number of nitrogens with zero attached hydrogens (tertiary/aromatic N) is 1. The molecule has 0 bridgehead atoms. The van der Waals surface area contributed by atoms with Gasteiger partial charge in [-0.25, -0.2) is 0 Å². The minimum Gasteiger partial charge on any atom is -0.316 e. The Morgan fingerprint density at radius 1 is 1.25 bits per heavy atom. The fraction of sp³-hybridized carbons (Fsp3) is 0.188. The quantitative estimate of drug-likeness (QED) is 0.918. The van der Waals surface area contributed by atoms with Crippen molar-refractivity contribution in [1.82, 2.24) is 0 Å². The Bertz CT molecular complexity index is 684. The summed E-state index contributed by atoms with van der Waals surface area (Å²) in [6.45, 7) is 2.62. The third-order valence-corrected chi connectivity index (χ3v) is 4.23. The van der Waals surface area contributed by atoms with Crippen LogP contribution in [0.15, 0.2) is 46.9 Å². The standard InChI is InChI=1S/C16H15BrN2O/c1-10-4-2-3-5-11(10)9-19-14-7-6-12(17)8-13(14)15(18)16(19)20/h2-8,15H,9,18H2,1H3. The second-order valence-corrected chi connectivity index (χ2v) is 5.95. The summed E-state index contributed by atoms with van der Waals surface area (Å²) in [5.41, 5.74) is 10.1. The molecular weight excluding hydrogens is 316 g/mol. The van der Waals surface area contributed by atoms with Crippen LogP contribution < -0.4 is 10.6 Å². The summed E-state index contributed by atoms with van der Waals surface area (Å²) in [5.74, 6) is -0.0404. The third kappa shape index (κ3) is 2.15. The maximum atomic E-state index is 12.4. The highest BCUT2D eigenvalue weighted by molar-refractivity contribution is 9.10. The fourth-order valence-electron chi connectivity index (χ4n) is 2.56. The van der Waals surface area contributed by atoms with Crippen LogP contribution in [0.2, 0.25) is 0 Å². The summed E-state index contributed by atoms with van der Waals surface area (Å²) in [7, 11) is 0. The number of amides is 1. The molecule has 1 aliphatic heterocycles. The smallest absolute Gasteiger partial charge is 0.248 e. The van der Waals surface area contributed by atoms with Gasteiger partial charge in [-0.15, -0.1) is 0 Å². The summed E-state index contributed by atoms with van der Waals surface area (Å²) in [6, 6.07) is 13.3. The third-order valence-electron chi connectivity index (χ3n) is 3.74. The number of fused-ring (bicyclic) bond motifs is 1. The number of hydrogen-bond donors (Lipinski definition) is 1. The van der Waals surface area contributed by atoms with Crippen LogP contribution in [0, 0.1) is 6.92 Å². The molecule has 4 heteroatoms. The Labute approximate surface area is 126 Å². The van der Waals surface area contributed by atoms with Crippen molar-refractivity contribution in [2.45, 2.75) is 19.5 Å². The number of carbonyl (C=O) groups excluding carboxylic acids is 1. The van der Waals surface area contributed by atoms with Crippen LogP contribution in [0.4, 0.5) is 5.69 Å². The first-order valence-corrected chi connectivity index (χ1v) is 7.28. The van der Waals surface area contributed by atoms with E-state index in [9.17, 15) is 4.79 Å². The average Bonchev–Trinajstić information content (AvgIpc) is 2.66. The molecule has 3 nitrogen and oxygen atoms in total. The Kier molecular flexibility index (Phi) is 3.36. The molecule has 0 saturated heterocycles. The largest absolute Gasteiger partial charge is 0.316 e. The van der Waals surface area contributed by atoms with Gasteiger partial charge >= 0.3 is 0 Å². The SMILES string of the molecule is Cc1ccccc1CN1C(=O)C(N)c2cc(Br)ccc21. The number of hydrogen-bond acceptors (Lipinski definition) is 2. The second-order valence-electron chi connectivity index (χ2n) is 5.03.